The van der Waals surface area contributed by atoms with Crippen LogP contribution in [0.5, 0.6) is 0 Å². The van der Waals surface area contributed by atoms with Gasteiger partial charge in [0.25, 0.3) is 0 Å². The Morgan fingerprint density at radius 2 is 1.85 bits per heavy atom. The van der Waals surface area contributed by atoms with Crippen molar-refractivity contribution in [3.05, 3.63) is 30.1 Å². The summed E-state index contributed by atoms with van der Waals surface area (Å²) >= 11 is 0. The van der Waals surface area contributed by atoms with Crippen LogP contribution in [0.1, 0.15) is 32.8 Å². The highest BCUT2D eigenvalue weighted by Crippen LogP contribution is 2.13. The lowest BCUT2D eigenvalue weighted by atomic mass is 10.2. The van der Waals surface area contributed by atoms with Crippen molar-refractivity contribution < 1.29 is 9.53 Å². The number of hydrogen-bond donors (Lipinski definition) is 0. The fourth-order valence-corrected chi connectivity index (χ4v) is 2.40. The van der Waals surface area contributed by atoms with Crippen LogP contribution < -0.4 is 0 Å². The minimum atomic E-state index is -0.522. The normalized spacial score (nSPS) is 10.9. The van der Waals surface area contributed by atoms with Gasteiger partial charge in [-0.2, -0.15) is 0 Å². The summed E-state index contributed by atoms with van der Waals surface area (Å²) in [5.74, 6) is 0.904. The summed E-state index contributed by atoms with van der Waals surface area (Å²) in [6, 6.07) is 3.83. The number of carbonyl (C=O) groups excluding carboxylic acids is 1. The second-order valence-corrected chi connectivity index (χ2v) is 7.59. The molecule has 0 fully saturated rings. The van der Waals surface area contributed by atoms with Gasteiger partial charge in [-0.15, -0.1) is 0 Å². The largest absolute Gasteiger partial charge is 0.444 e. The van der Waals surface area contributed by atoms with Crippen LogP contribution in [0.3, 0.4) is 0 Å². The van der Waals surface area contributed by atoms with Gasteiger partial charge in [0.1, 0.15) is 5.60 Å². The molecular formula is C19H33N5O2. The highest BCUT2D eigenvalue weighted by Gasteiger charge is 2.22. The SMILES string of the molecule is CN(C)C(=NCCCN(Cc1cccnc1)C(=O)OC(C)(C)C)N(C)C. The molecule has 1 rings (SSSR count). The number of rotatable bonds is 6. The fourth-order valence-electron chi connectivity index (χ4n) is 2.40. The second-order valence-electron chi connectivity index (χ2n) is 7.59. The molecule has 0 spiro atoms. The van der Waals surface area contributed by atoms with Gasteiger partial charge < -0.3 is 19.4 Å². The van der Waals surface area contributed by atoms with Crippen LogP contribution >= 0.6 is 0 Å². The molecule has 1 amide bonds. The monoisotopic (exact) mass is 363 g/mol. The maximum Gasteiger partial charge on any atom is 0.410 e. The third-order valence-corrected chi connectivity index (χ3v) is 3.39. The number of guanidine groups is 1. The standard InChI is InChI=1S/C19H33N5O2/c1-19(2,3)26-18(25)24(15-16-10-8-11-20-14-16)13-9-12-21-17(22(4)5)23(6)7/h8,10-11,14H,9,12-13,15H2,1-7H3. The Balaban J connectivity index is 2.73. The summed E-state index contributed by atoms with van der Waals surface area (Å²) < 4.78 is 5.54. The molecule has 0 saturated carbocycles. The molecule has 0 aromatic carbocycles. The second kappa shape index (κ2) is 9.99. The predicted molar refractivity (Wildman–Crippen MR) is 105 cm³/mol. The van der Waals surface area contributed by atoms with Crippen molar-refractivity contribution in [2.45, 2.75) is 39.3 Å². The summed E-state index contributed by atoms with van der Waals surface area (Å²) in [4.78, 5) is 26.9. The van der Waals surface area contributed by atoms with Crippen molar-refractivity contribution in [2.75, 3.05) is 41.3 Å². The van der Waals surface area contributed by atoms with Crippen molar-refractivity contribution in [3.63, 3.8) is 0 Å². The molecule has 0 saturated heterocycles. The van der Waals surface area contributed by atoms with Crippen LogP contribution in [0.25, 0.3) is 0 Å². The van der Waals surface area contributed by atoms with Crippen molar-refractivity contribution in [2.24, 2.45) is 4.99 Å². The third kappa shape index (κ3) is 8.18. The summed E-state index contributed by atoms with van der Waals surface area (Å²) in [5, 5.41) is 0. The number of pyridine rings is 1. The molecule has 7 heteroatoms. The average Bonchev–Trinajstić information content (AvgIpc) is 2.52. The van der Waals surface area contributed by atoms with E-state index in [0.29, 0.717) is 19.6 Å². The number of hydrogen-bond acceptors (Lipinski definition) is 4. The molecule has 0 unspecified atom stereocenters. The van der Waals surface area contributed by atoms with E-state index in [2.05, 4.69) is 9.98 Å². The molecule has 0 aliphatic carbocycles. The van der Waals surface area contributed by atoms with Gasteiger partial charge in [-0.05, 0) is 38.8 Å². The molecular weight excluding hydrogens is 330 g/mol. The van der Waals surface area contributed by atoms with E-state index < -0.39 is 5.60 Å². The van der Waals surface area contributed by atoms with Crippen molar-refractivity contribution in [3.8, 4) is 0 Å². The molecule has 0 N–H and O–H groups in total. The van der Waals surface area contributed by atoms with E-state index in [1.54, 1.807) is 17.3 Å². The van der Waals surface area contributed by atoms with Crippen LogP contribution in [0.2, 0.25) is 0 Å². The minimum Gasteiger partial charge on any atom is -0.444 e. The third-order valence-electron chi connectivity index (χ3n) is 3.39. The van der Waals surface area contributed by atoms with E-state index in [1.807, 2.05) is 70.9 Å². The van der Waals surface area contributed by atoms with Crippen LogP contribution in [0, 0.1) is 0 Å². The lowest BCUT2D eigenvalue weighted by Gasteiger charge is -2.27. The van der Waals surface area contributed by atoms with Crippen molar-refractivity contribution >= 4 is 12.1 Å². The van der Waals surface area contributed by atoms with Gasteiger partial charge in [0.15, 0.2) is 5.96 Å². The highest BCUT2D eigenvalue weighted by atomic mass is 16.6. The first-order valence-electron chi connectivity index (χ1n) is 8.86. The van der Waals surface area contributed by atoms with Crippen molar-refractivity contribution in [1.82, 2.24) is 19.7 Å². The van der Waals surface area contributed by atoms with Crippen LogP contribution in [-0.2, 0) is 11.3 Å². The van der Waals surface area contributed by atoms with E-state index in [0.717, 1.165) is 17.9 Å². The first-order valence-corrected chi connectivity index (χ1v) is 8.86. The minimum absolute atomic E-state index is 0.314. The maximum atomic E-state index is 12.5. The number of nitrogens with zero attached hydrogens (tertiary/aromatic N) is 5. The van der Waals surface area contributed by atoms with Gasteiger partial charge >= 0.3 is 6.09 Å². The van der Waals surface area contributed by atoms with E-state index >= 15 is 0 Å². The van der Waals surface area contributed by atoms with Gasteiger partial charge in [0.2, 0.25) is 0 Å². The fraction of sp³-hybridized carbons (Fsp3) is 0.632. The maximum absolute atomic E-state index is 12.5. The summed E-state index contributed by atoms with van der Waals surface area (Å²) in [6.45, 7) is 7.30. The topological polar surface area (TPSA) is 61.3 Å². The molecule has 1 heterocycles. The van der Waals surface area contributed by atoms with E-state index in [4.69, 9.17) is 4.74 Å². The zero-order valence-corrected chi connectivity index (χ0v) is 17.2. The lowest BCUT2D eigenvalue weighted by molar-refractivity contribution is 0.0232. The Bertz CT molecular complexity index is 569. The highest BCUT2D eigenvalue weighted by molar-refractivity contribution is 5.79. The molecule has 1 aromatic rings. The van der Waals surface area contributed by atoms with Crippen LogP contribution in [-0.4, -0.2) is 78.6 Å². The van der Waals surface area contributed by atoms with E-state index in [1.165, 1.54) is 0 Å². The van der Waals surface area contributed by atoms with Gasteiger partial charge in [0.05, 0.1) is 6.54 Å². The van der Waals surface area contributed by atoms with Gasteiger partial charge in [-0.25, -0.2) is 4.79 Å². The molecule has 0 radical (unpaired) electrons. The molecule has 0 atom stereocenters. The van der Waals surface area contributed by atoms with Crippen molar-refractivity contribution in [1.29, 1.82) is 0 Å². The van der Waals surface area contributed by atoms with Gasteiger partial charge in [-0.1, -0.05) is 6.07 Å². The Labute approximate surface area is 157 Å². The summed E-state index contributed by atoms with van der Waals surface area (Å²) in [6.07, 6.45) is 3.93. The molecule has 26 heavy (non-hydrogen) atoms. The molecule has 0 aliphatic heterocycles. The quantitative estimate of drug-likeness (QED) is 0.442. The van der Waals surface area contributed by atoms with Crippen LogP contribution in [0.4, 0.5) is 4.79 Å². The molecule has 0 bridgehead atoms. The van der Waals surface area contributed by atoms with Gasteiger partial charge in [-0.3, -0.25) is 9.98 Å². The number of amides is 1. The average molecular weight is 364 g/mol. The number of aliphatic imine (C=N–C) groups is 1. The zero-order chi connectivity index (χ0) is 19.7. The van der Waals surface area contributed by atoms with Crippen LogP contribution in [0.15, 0.2) is 29.5 Å². The number of ether oxygens (including phenoxy) is 1. The lowest BCUT2D eigenvalue weighted by Crippen LogP contribution is -2.37. The Hall–Kier alpha value is -2.31. The Morgan fingerprint density at radius 3 is 2.35 bits per heavy atom. The molecule has 1 aromatic heterocycles. The smallest absolute Gasteiger partial charge is 0.410 e. The molecule has 7 nitrogen and oxygen atoms in total. The number of carbonyl (C=O) groups is 1. The van der Waals surface area contributed by atoms with E-state index in [-0.39, 0.29) is 6.09 Å². The molecule has 146 valence electrons. The first-order chi connectivity index (χ1) is 12.1. The Morgan fingerprint density at radius 1 is 1.19 bits per heavy atom. The summed E-state index contributed by atoms with van der Waals surface area (Å²) in [5.41, 5.74) is 0.454. The summed E-state index contributed by atoms with van der Waals surface area (Å²) in [7, 11) is 7.87. The Kier molecular flexibility index (Phi) is 8.35. The van der Waals surface area contributed by atoms with E-state index in [9.17, 15) is 4.79 Å². The van der Waals surface area contributed by atoms with Gasteiger partial charge in [0, 0.05) is 53.7 Å². The molecule has 0 aliphatic rings. The zero-order valence-electron chi connectivity index (χ0n) is 17.2. The first kappa shape index (κ1) is 21.7. The predicted octanol–water partition coefficient (Wildman–Crippen LogP) is 2.69. The number of aromatic nitrogens is 1.